The van der Waals surface area contributed by atoms with Crippen LogP contribution in [-0.2, 0) is 23.2 Å². The normalized spacial score (nSPS) is 18.1. The molecule has 5 heterocycles. The number of piperidine rings is 2. The number of aromatic nitrogens is 2. The molecule has 0 bridgehead atoms. The van der Waals surface area contributed by atoms with Gasteiger partial charge in [0, 0.05) is 87.4 Å². The number of nitrogens with one attached hydrogen (secondary N) is 1. The molecule has 0 aliphatic carbocycles. The first kappa shape index (κ1) is 32.2. The predicted octanol–water partition coefficient (Wildman–Crippen LogP) is 3.83. The molecule has 2 fully saturated rings. The molecular weight excluding hydrogens is 624 g/mol. The Balaban J connectivity index is 1.13. The van der Waals surface area contributed by atoms with Crippen LogP contribution in [0.3, 0.4) is 0 Å². The van der Waals surface area contributed by atoms with Gasteiger partial charge in [0.2, 0.25) is 11.8 Å². The molecule has 0 saturated carbocycles. The molecule has 2 saturated heterocycles. The third-order valence-corrected chi connectivity index (χ3v) is 10.1. The highest BCUT2D eigenvalue weighted by Gasteiger charge is 2.39. The Kier molecular flexibility index (Phi) is 8.25. The number of carbonyl (C=O) groups excluding carboxylic acids is 3. The van der Waals surface area contributed by atoms with E-state index in [2.05, 4.69) is 15.2 Å². The lowest BCUT2D eigenvalue weighted by Crippen LogP contribution is -2.52. The van der Waals surface area contributed by atoms with Gasteiger partial charge in [-0.05, 0) is 66.6 Å². The number of rotatable bonds is 7. The van der Waals surface area contributed by atoms with Crippen LogP contribution >= 0.6 is 0 Å². The smallest absolute Gasteiger partial charge is 0.259 e. The van der Waals surface area contributed by atoms with Crippen LogP contribution < -0.4 is 30.1 Å². The third kappa shape index (κ3) is 5.64. The van der Waals surface area contributed by atoms with Crippen molar-refractivity contribution in [2.45, 2.75) is 44.2 Å². The van der Waals surface area contributed by atoms with Gasteiger partial charge in [-0.2, -0.15) is 0 Å². The quantitative estimate of drug-likeness (QED) is 0.294. The molecule has 2 aromatic carbocycles. The van der Waals surface area contributed by atoms with Crippen LogP contribution in [0.25, 0.3) is 21.9 Å². The average molecular weight is 665 g/mol. The molecule has 254 valence electrons. The second kappa shape index (κ2) is 12.6. The van der Waals surface area contributed by atoms with Gasteiger partial charge < -0.3 is 28.7 Å². The van der Waals surface area contributed by atoms with Gasteiger partial charge in [0.1, 0.15) is 23.4 Å². The zero-order valence-corrected chi connectivity index (χ0v) is 28.4. The maximum absolute atomic E-state index is 13.4. The summed E-state index contributed by atoms with van der Waals surface area (Å²) in [5, 5.41) is 3.71. The second-order valence-electron chi connectivity index (χ2n) is 13.2. The van der Waals surface area contributed by atoms with E-state index < -0.39 is 11.9 Å². The fourth-order valence-corrected chi connectivity index (χ4v) is 7.49. The first-order valence-electron chi connectivity index (χ1n) is 16.5. The fourth-order valence-electron chi connectivity index (χ4n) is 7.49. The number of carbonyl (C=O) groups is 3. The summed E-state index contributed by atoms with van der Waals surface area (Å²) >= 11 is 0. The topological polar surface area (TPSA) is 126 Å². The Morgan fingerprint density at radius 1 is 0.898 bits per heavy atom. The van der Waals surface area contributed by atoms with Gasteiger partial charge in [-0.3, -0.25) is 24.5 Å². The molecule has 1 unspecified atom stereocenters. The van der Waals surface area contributed by atoms with Crippen LogP contribution in [-0.4, -0.2) is 79.6 Å². The van der Waals surface area contributed by atoms with Gasteiger partial charge in [0.25, 0.3) is 11.5 Å². The largest absolute Gasteiger partial charge is 0.496 e. The first-order valence-corrected chi connectivity index (χ1v) is 16.5. The molecule has 12 heteroatoms. The summed E-state index contributed by atoms with van der Waals surface area (Å²) in [6.07, 6.45) is 5.75. The van der Waals surface area contributed by atoms with E-state index in [1.54, 1.807) is 36.9 Å². The van der Waals surface area contributed by atoms with Crippen LogP contribution in [0.5, 0.6) is 11.5 Å². The van der Waals surface area contributed by atoms with E-state index in [1.165, 1.54) is 0 Å². The molecule has 0 radical (unpaired) electrons. The third-order valence-electron chi connectivity index (χ3n) is 10.1. The van der Waals surface area contributed by atoms with Gasteiger partial charge in [-0.25, -0.2) is 4.98 Å². The van der Waals surface area contributed by atoms with Crippen molar-refractivity contribution in [1.82, 2.24) is 19.8 Å². The zero-order chi connectivity index (χ0) is 34.6. The lowest BCUT2D eigenvalue weighted by Gasteiger charge is -2.35. The van der Waals surface area contributed by atoms with Gasteiger partial charge in [0.05, 0.1) is 19.6 Å². The SMILES string of the molecule is COc1cc(-c2cn(C)c(=O)c3cnc(N(C)C)cc23)cc(OC)c1C1CCN(c2ccc3c(c2)C(=O)N(C2CCC(=O)NC2=O)C3)CC1. The molecule has 3 aliphatic rings. The second-order valence-corrected chi connectivity index (χ2v) is 13.2. The fraction of sp³-hybridized carbons (Fsp3) is 0.378. The Labute approximate surface area is 284 Å². The zero-order valence-electron chi connectivity index (χ0n) is 28.4. The number of imide groups is 1. The highest BCUT2D eigenvalue weighted by molar-refractivity contribution is 6.05. The first-order chi connectivity index (χ1) is 23.6. The maximum atomic E-state index is 13.4. The summed E-state index contributed by atoms with van der Waals surface area (Å²) in [4.78, 5) is 60.8. The summed E-state index contributed by atoms with van der Waals surface area (Å²) in [6.45, 7) is 1.91. The number of hydrogen-bond donors (Lipinski definition) is 1. The minimum absolute atomic E-state index is 0.113. The van der Waals surface area contributed by atoms with Gasteiger partial charge >= 0.3 is 0 Å². The monoisotopic (exact) mass is 664 g/mol. The number of anilines is 2. The minimum Gasteiger partial charge on any atom is -0.496 e. The van der Waals surface area contributed by atoms with Gasteiger partial charge in [-0.15, -0.1) is 0 Å². The van der Waals surface area contributed by atoms with E-state index in [0.29, 0.717) is 23.9 Å². The van der Waals surface area contributed by atoms with Crippen LogP contribution in [0.4, 0.5) is 11.5 Å². The van der Waals surface area contributed by atoms with Gasteiger partial charge in [-0.1, -0.05) is 6.07 Å². The number of fused-ring (bicyclic) bond motifs is 2. The van der Waals surface area contributed by atoms with E-state index >= 15 is 0 Å². The van der Waals surface area contributed by atoms with Crippen molar-refractivity contribution in [1.29, 1.82) is 0 Å². The highest BCUT2D eigenvalue weighted by atomic mass is 16.5. The Bertz CT molecular complexity index is 2040. The van der Waals surface area contributed by atoms with Crippen molar-refractivity contribution in [3.8, 4) is 22.6 Å². The molecule has 49 heavy (non-hydrogen) atoms. The van der Waals surface area contributed by atoms with Crippen LogP contribution in [0.2, 0.25) is 0 Å². The summed E-state index contributed by atoms with van der Waals surface area (Å²) in [6, 6.07) is 11.3. The number of nitrogens with zero attached hydrogens (tertiary/aromatic N) is 5. The van der Waals surface area contributed by atoms with E-state index in [9.17, 15) is 19.2 Å². The molecule has 4 aromatic rings. The summed E-state index contributed by atoms with van der Waals surface area (Å²) in [5.41, 5.74) is 5.13. The number of pyridine rings is 2. The van der Waals surface area contributed by atoms with Crippen molar-refractivity contribution in [3.05, 3.63) is 75.8 Å². The van der Waals surface area contributed by atoms with Crippen LogP contribution in [0.1, 0.15) is 53.1 Å². The summed E-state index contributed by atoms with van der Waals surface area (Å²) in [7, 11) is 8.92. The lowest BCUT2D eigenvalue weighted by atomic mass is 9.86. The van der Waals surface area contributed by atoms with E-state index in [-0.39, 0.29) is 29.7 Å². The number of ether oxygens (including phenoxy) is 2. The Hall–Kier alpha value is -5.39. The van der Waals surface area contributed by atoms with Crippen molar-refractivity contribution >= 4 is 40.0 Å². The van der Waals surface area contributed by atoms with Gasteiger partial charge in [0.15, 0.2) is 0 Å². The molecule has 1 atom stereocenters. The average Bonchev–Trinajstić information content (AvgIpc) is 3.43. The molecule has 2 aromatic heterocycles. The molecule has 12 nitrogen and oxygen atoms in total. The molecule has 0 spiro atoms. The molecule has 3 aliphatic heterocycles. The van der Waals surface area contributed by atoms with Crippen LogP contribution in [0, 0.1) is 0 Å². The van der Waals surface area contributed by atoms with Crippen molar-refractivity contribution in [2.75, 3.05) is 51.2 Å². The molecule has 3 amide bonds. The Morgan fingerprint density at radius 2 is 1.61 bits per heavy atom. The molecular formula is C37H40N6O6. The number of aryl methyl sites for hydroxylation is 1. The highest BCUT2D eigenvalue weighted by Crippen LogP contribution is 2.45. The number of methoxy groups -OCH3 is 2. The molecule has 1 N–H and O–H groups in total. The van der Waals surface area contributed by atoms with E-state index in [4.69, 9.17) is 9.47 Å². The lowest BCUT2D eigenvalue weighted by molar-refractivity contribution is -0.136. The van der Waals surface area contributed by atoms with E-state index in [1.807, 2.05) is 61.6 Å². The number of hydrogen-bond acceptors (Lipinski definition) is 9. The standard InChI is InChI=1S/C37H40N6O6/c1-40(2)32-17-26-27(18-38-32)36(46)41(3)20-28(26)23-14-30(48-4)34(31(15-23)49-5)21-10-12-42(13-11-21)24-7-6-22-19-43(37(47)25(22)16-24)29-8-9-33(44)39-35(29)45/h6-7,14-18,20-21,29H,8-13,19H2,1-5H3,(H,39,44,45). The maximum Gasteiger partial charge on any atom is 0.259 e. The van der Waals surface area contributed by atoms with E-state index in [0.717, 1.165) is 76.6 Å². The Morgan fingerprint density at radius 3 is 2.27 bits per heavy atom. The summed E-state index contributed by atoms with van der Waals surface area (Å²) in [5.74, 6) is 1.52. The predicted molar refractivity (Wildman–Crippen MR) is 187 cm³/mol. The number of benzene rings is 2. The molecule has 7 rings (SSSR count). The van der Waals surface area contributed by atoms with Crippen LogP contribution in [0.15, 0.2) is 53.6 Å². The van der Waals surface area contributed by atoms with Crippen molar-refractivity contribution < 1.29 is 23.9 Å². The van der Waals surface area contributed by atoms with Crippen molar-refractivity contribution in [2.24, 2.45) is 7.05 Å². The number of amides is 3. The van der Waals surface area contributed by atoms with Crippen molar-refractivity contribution in [3.63, 3.8) is 0 Å². The summed E-state index contributed by atoms with van der Waals surface area (Å²) < 4.78 is 13.6. The minimum atomic E-state index is -0.631.